The molecule has 0 spiro atoms. The summed E-state index contributed by atoms with van der Waals surface area (Å²) in [5.41, 5.74) is 14.8. The van der Waals surface area contributed by atoms with Crippen molar-refractivity contribution in [1.82, 2.24) is 0 Å². The molecule has 0 atom stereocenters. The van der Waals surface area contributed by atoms with Crippen LogP contribution >= 0.6 is 0 Å². The Morgan fingerprint density at radius 1 is 0.969 bits per heavy atom. The molecule has 0 heterocycles. The highest BCUT2D eigenvalue weighted by Gasteiger charge is 2.20. The van der Waals surface area contributed by atoms with E-state index in [0.717, 1.165) is 31.2 Å². The number of allylic oxidation sites excluding steroid dienone is 2. The first-order chi connectivity index (χ1) is 15.3. The SMILES string of the molecule is CCc1ccc(F)cc1.Cc1ccc(C)c(C2=C(c3ccc(N)c(C(=O)O)c3)CCC2)c1. The van der Waals surface area contributed by atoms with Crippen LogP contribution in [0.3, 0.4) is 0 Å². The number of carbonyl (C=O) groups is 1. The fourth-order valence-electron chi connectivity index (χ4n) is 4.07. The largest absolute Gasteiger partial charge is 0.478 e. The molecule has 0 saturated heterocycles. The van der Waals surface area contributed by atoms with E-state index < -0.39 is 5.97 Å². The molecule has 0 fully saturated rings. The number of nitrogen functional groups attached to an aromatic ring is 1. The molecule has 4 heteroatoms. The number of rotatable bonds is 4. The fourth-order valence-corrected chi connectivity index (χ4v) is 4.07. The number of hydrogen-bond donors (Lipinski definition) is 2. The minimum absolute atomic E-state index is 0.160. The summed E-state index contributed by atoms with van der Waals surface area (Å²) in [6.45, 7) is 6.28. The Labute approximate surface area is 189 Å². The van der Waals surface area contributed by atoms with Gasteiger partial charge in [-0.25, -0.2) is 9.18 Å². The topological polar surface area (TPSA) is 63.3 Å². The first kappa shape index (κ1) is 23.3. The molecule has 0 aromatic heterocycles. The summed E-state index contributed by atoms with van der Waals surface area (Å²) in [5, 5.41) is 9.30. The molecule has 0 bridgehead atoms. The number of aryl methyl sites for hydroxylation is 3. The number of aromatic carboxylic acids is 1. The third-order valence-corrected chi connectivity index (χ3v) is 5.89. The number of halogens is 1. The van der Waals surface area contributed by atoms with Crippen LogP contribution in [0.25, 0.3) is 11.1 Å². The number of anilines is 1. The third kappa shape index (κ3) is 5.44. The summed E-state index contributed by atoms with van der Waals surface area (Å²) in [4.78, 5) is 11.3. The van der Waals surface area contributed by atoms with E-state index in [1.165, 1.54) is 45.5 Å². The van der Waals surface area contributed by atoms with Gasteiger partial charge in [-0.1, -0.05) is 48.9 Å². The Balaban J connectivity index is 0.000000269. The Morgan fingerprint density at radius 3 is 2.31 bits per heavy atom. The smallest absolute Gasteiger partial charge is 0.337 e. The van der Waals surface area contributed by atoms with Gasteiger partial charge >= 0.3 is 5.97 Å². The van der Waals surface area contributed by atoms with Crippen LogP contribution in [0.1, 0.15) is 64.4 Å². The number of carboxylic acid groups (broad SMARTS) is 1. The van der Waals surface area contributed by atoms with Crippen LogP contribution in [0.2, 0.25) is 0 Å². The van der Waals surface area contributed by atoms with Gasteiger partial charge in [0.2, 0.25) is 0 Å². The average Bonchev–Trinajstić information content (AvgIpc) is 3.26. The molecule has 3 aromatic rings. The molecule has 0 aliphatic heterocycles. The zero-order valence-corrected chi connectivity index (χ0v) is 18.9. The van der Waals surface area contributed by atoms with Gasteiger partial charge in [-0.2, -0.15) is 0 Å². The van der Waals surface area contributed by atoms with Crippen LogP contribution in [-0.2, 0) is 6.42 Å². The standard InChI is InChI=1S/C20H21NO2.C8H9F/c1-12-6-7-13(2)17(10-12)16-5-3-4-15(16)14-8-9-19(21)18(11-14)20(22)23;1-2-7-3-5-8(9)6-4-7/h6-11H,3-5,21H2,1-2H3,(H,22,23);3-6H,2H2,1H3. The molecule has 166 valence electrons. The van der Waals surface area contributed by atoms with E-state index in [1.54, 1.807) is 24.3 Å². The van der Waals surface area contributed by atoms with Crippen molar-refractivity contribution in [2.45, 2.75) is 46.5 Å². The lowest BCUT2D eigenvalue weighted by molar-refractivity contribution is 0.0698. The zero-order chi connectivity index (χ0) is 23.3. The van der Waals surface area contributed by atoms with Crippen molar-refractivity contribution in [3.8, 4) is 0 Å². The van der Waals surface area contributed by atoms with Gasteiger partial charge in [-0.05, 0) is 97.2 Å². The number of nitrogens with two attached hydrogens (primary N) is 1. The first-order valence-electron chi connectivity index (χ1n) is 11.0. The summed E-state index contributed by atoms with van der Waals surface area (Å²) in [6, 6.07) is 18.4. The van der Waals surface area contributed by atoms with E-state index >= 15 is 0 Å². The Kier molecular flexibility index (Phi) is 7.47. The van der Waals surface area contributed by atoms with Crippen molar-refractivity contribution >= 4 is 22.8 Å². The summed E-state index contributed by atoms with van der Waals surface area (Å²) in [7, 11) is 0. The maximum Gasteiger partial charge on any atom is 0.337 e. The van der Waals surface area contributed by atoms with Crippen LogP contribution in [0, 0.1) is 19.7 Å². The molecule has 0 unspecified atom stereocenters. The van der Waals surface area contributed by atoms with Gasteiger partial charge in [0.1, 0.15) is 5.82 Å². The minimum Gasteiger partial charge on any atom is -0.478 e. The van der Waals surface area contributed by atoms with Gasteiger partial charge in [0.05, 0.1) is 5.56 Å². The van der Waals surface area contributed by atoms with Crippen LogP contribution in [0.15, 0.2) is 60.7 Å². The summed E-state index contributed by atoms with van der Waals surface area (Å²) in [6.07, 6.45) is 4.09. The molecule has 0 saturated carbocycles. The van der Waals surface area contributed by atoms with Crippen molar-refractivity contribution in [2.75, 3.05) is 5.73 Å². The lowest BCUT2D eigenvalue weighted by atomic mass is 9.92. The normalized spacial score (nSPS) is 13.0. The first-order valence-corrected chi connectivity index (χ1v) is 11.0. The second kappa shape index (κ2) is 10.3. The molecule has 32 heavy (non-hydrogen) atoms. The van der Waals surface area contributed by atoms with E-state index in [0.29, 0.717) is 5.69 Å². The number of carboxylic acids is 1. The second-order valence-corrected chi connectivity index (χ2v) is 8.22. The van der Waals surface area contributed by atoms with Crippen LogP contribution in [0.4, 0.5) is 10.1 Å². The lowest BCUT2D eigenvalue weighted by Crippen LogP contribution is -2.03. The highest BCUT2D eigenvalue weighted by molar-refractivity contribution is 5.98. The molecule has 3 aromatic carbocycles. The Bertz CT molecular complexity index is 1150. The maximum absolute atomic E-state index is 12.2. The van der Waals surface area contributed by atoms with E-state index in [9.17, 15) is 14.3 Å². The minimum atomic E-state index is -0.976. The quantitative estimate of drug-likeness (QED) is 0.434. The van der Waals surface area contributed by atoms with Crippen molar-refractivity contribution in [3.05, 3.63) is 99.9 Å². The van der Waals surface area contributed by atoms with Crippen molar-refractivity contribution < 1.29 is 14.3 Å². The zero-order valence-electron chi connectivity index (χ0n) is 18.9. The van der Waals surface area contributed by atoms with Crippen LogP contribution < -0.4 is 5.73 Å². The van der Waals surface area contributed by atoms with Gasteiger partial charge in [0.15, 0.2) is 0 Å². The average molecular weight is 432 g/mol. The van der Waals surface area contributed by atoms with Crippen molar-refractivity contribution in [2.24, 2.45) is 0 Å². The predicted octanol–water partition coefficient (Wildman–Crippen LogP) is 7.07. The maximum atomic E-state index is 12.2. The van der Waals surface area contributed by atoms with Gasteiger partial charge < -0.3 is 10.8 Å². The predicted molar refractivity (Wildman–Crippen MR) is 130 cm³/mol. The molecular formula is C28H30FNO2. The number of hydrogen-bond acceptors (Lipinski definition) is 2. The molecule has 3 nitrogen and oxygen atoms in total. The summed E-state index contributed by atoms with van der Waals surface area (Å²) in [5.74, 6) is -1.14. The fraction of sp³-hybridized carbons (Fsp3) is 0.250. The summed E-state index contributed by atoms with van der Waals surface area (Å²) >= 11 is 0. The highest BCUT2D eigenvalue weighted by Crippen LogP contribution is 2.41. The van der Waals surface area contributed by atoms with Gasteiger partial charge in [-0.15, -0.1) is 0 Å². The van der Waals surface area contributed by atoms with Crippen molar-refractivity contribution in [3.63, 3.8) is 0 Å². The Hall–Kier alpha value is -3.40. The Morgan fingerprint density at radius 2 is 1.66 bits per heavy atom. The molecule has 4 rings (SSSR count). The van der Waals surface area contributed by atoms with E-state index in [4.69, 9.17) is 5.73 Å². The van der Waals surface area contributed by atoms with Gasteiger partial charge in [0, 0.05) is 5.69 Å². The monoisotopic (exact) mass is 431 g/mol. The van der Waals surface area contributed by atoms with E-state index in [1.807, 2.05) is 13.0 Å². The molecular weight excluding hydrogens is 401 g/mol. The highest BCUT2D eigenvalue weighted by atomic mass is 19.1. The van der Waals surface area contributed by atoms with Crippen molar-refractivity contribution in [1.29, 1.82) is 0 Å². The van der Waals surface area contributed by atoms with Gasteiger partial charge in [-0.3, -0.25) is 0 Å². The molecule has 1 aliphatic rings. The van der Waals surface area contributed by atoms with E-state index in [-0.39, 0.29) is 11.4 Å². The summed E-state index contributed by atoms with van der Waals surface area (Å²) < 4.78 is 12.2. The second-order valence-electron chi connectivity index (χ2n) is 8.22. The molecule has 0 radical (unpaired) electrons. The molecule has 1 aliphatic carbocycles. The number of benzene rings is 3. The van der Waals surface area contributed by atoms with E-state index in [2.05, 4.69) is 32.0 Å². The van der Waals surface area contributed by atoms with Gasteiger partial charge in [0.25, 0.3) is 0 Å². The molecule has 0 amide bonds. The van der Waals surface area contributed by atoms with Crippen LogP contribution in [-0.4, -0.2) is 11.1 Å². The third-order valence-electron chi connectivity index (χ3n) is 5.89. The lowest BCUT2D eigenvalue weighted by Gasteiger charge is -2.13. The molecule has 3 N–H and O–H groups in total. The van der Waals surface area contributed by atoms with Crippen LogP contribution in [0.5, 0.6) is 0 Å².